The van der Waals surface area contributed by atoms with Gasteiger partial charge in [-0.05, 0) is 31.2 Å². The molecule has 0 amide bonds. The summed E-state index contributed by atoms with van der Waals surface area (Å²) in [4.78, 5) is 10.1. The molecule has 7 nitrogen and oxygen atoms in total. The van der Waals surface area contributed by atoms with E-state index in [1.807, 2.05) is 6.92 Å². The third kappa shape index (κ3) is 3.75. The van der Waals surface area contributed by atoms with E-state index in [4.69, 9.17) is 10.5 Å². The fraction of sp³-hybridized carbons (Fsp3) is 0.143. The van der Waals surface area contributed by atoms with Crippen molar-refractivity contribution in [2.45, 2.75) is 6.92 Å². The lowest BCUT2D eigenvalue weighted by Gasteiger charge is -2.06. The van der Waals surface area contributed by atoms with E-state index in [0.29, 0.717) is 29.4 Å². The first-order chi connectivity index (χ1) is 10.1. The number of nitrogens with two attached hydrogens (primary N) is 1. The van der Waals surface area contributed by atoms with E-state index in [0.717, 1.165) is 0 Å². The molecule has 0 aliphatic heterocycles. The van der Waals surface area contributed by atoms with E-state index in [9.17, 15) is 10.1 Å². The van der Waals surface area contributed by atoms with Crippen LogP contribution in [0.15, 0.2) is 52.7 Å². The zero-order chi connectivity index (χ0) is 15.2. The van der Waals surface area contributed by atoms with Crippen LogP contribution in [0.2, 0.25) is 0 Å². The van der Waals surface area contributed by atoms with Crippen molar-refractivity contribution in [2.24, 2.45) is 10.2 Å². The normalized spacial score (nSPS) is 10.7. The maximum absolute atomic E-state index is 10.5. The number of hydrogen-bond acceptors (Lipinski definition) is 6. The summed E-state index contributed by atoms with van der Waals surface area (Å²) in [7, 11) is 0. The van der Waals surface area contributed by atoms with Crippen molar-refractivity contribution in [1.29, 1.82) is 0 Å². The molecule has 2 N–H and O–H groups in total. The summed E-state index contributed by atoms with van der Waals surface area (Å²) in [6, 6.07) is 10.9. The highest BCUT2D eigenvalue weighted by molar-refractivity contribution is 5.59. The van der Waals surface area contributed by atoms with Gasteiger partial charge in [0.15, 0.2) is 0 Å². The molecule has 0 aromatic heterocycles. The zero-order valence-corrected chi connectivity index (χ0v) is 11.4. The quantitative estimate of drug-likeness (QED) is 0.388. The standard InChI is InChI=1S/C14H14N4O3/c1-2-21-14-9-11(5-8-13(14)15)17-16-10-3-6-12(7-4-10)18(19)20/h3-9H,2,15H2,1H3. The van der Waals surface area contributed by atoms with Gasteiger partial charge in [-0.2, -0.15) is 10.2 Å². The molecule has 0 fully saturated rings. The van der Waals surface area contributed by atoms with Crippen LogP contribution in [0.4, 0.5) is 22.7 Å². The third-order valence-electron chi connectivity index (χ3n) is 2.64. The Bertz CT molecular complexity index is 668. The molecule has 7 heteroatoms. The van der Waals surface area contributed by atoms with Crippen LogP contribution < -0.4 is 10.5 Å². The molecule has 0 radical (unpaired) electrons. The van der Waals surface area contributed by atoms with E-state index < -0.39 is 4.92 Å². The Balaban J connectivity index is 2.17. The zero-order valence-electron chi connectivity index (χ0n) is 11.4. The van der Waals surface area contributed by atoms with Gasteiger partial charge < -0.3 is 10.5 Å². The average molecular weight is 286 g/mol. The van der Waals surface area contributed by atoms with E-state index in [-0.39, 0.29) is 5.69 Å². The second-order valence-corrected chi connectivity index (χ2v) is 4.13. The maximum atomic E-state index is 10.5. The van der Waals surface area contributed by atoms with Gasteiger partial charge in [-0.15, -0.1) is 0 Å². The van der Waals surface area contributed by atoms with Crippen molar-refractivity contribution in [3.63, 3.8) is 0 Å². The summed E-state index contributed by atoms with van der Waals surface area (Å²) >= 11 is 0. The van der Waals surface area contributed by atoms with Gasteiger partial charge in [0.1, 0.15) is 5.75 Å². The molecule has 0 bridgehead atoms. The lowest BCUT2D eigenvalue weighted by atomic mass is 10.2. The van der Waals surface area contributed by atoms with Gasteiger partial charge in [-0.25, -0.2) is 0 Å². The molecule has 0 unspecified atom stereocenters. The molecule has 0 heterocycles. The summed E-state index contributed by atoms with van der Waals surface area (Å²) in [5, 5.41) is 18.6. The Kier molecular flexibility index (Phi) is 4.45. The van der Waals surface area contributed by atoms with Gasteiger partial charge in [0.25, 0.3) is 5.69 Å². The molecule has 0 aliphatic rings. The largest absolute Gasteiger partial charge is 0.492 e. The maximum Gasteiger partial charge on any atom is 0.269 e. The van der Waals surface area contributed by atoms with Crippen molar-refractivity contribution in [3.8, 4) is 5.75 Å². The first kappa shape index (κ1) is 14.4. The Morgan fingerprint density at radius 2 is 1.76 bits per heavy atom. The van der Waals surface area contributed by atoms with Crippen molar-refractivity contribution < 1.29 is 9.66 Å². The van der Waals surface area contributed by atoms with Gasteiger partial charge in [-0.1, -0.05) is 0 Å². The summed E-state index contributed by atoms with van der Waals surface area (Å²) in [6.07, 6.45) is 0. The number of nitro benzene ring substituents is 1. The molecule has 2 aromatic rings. The highest BCUT2D eigenvalue weighted by Crippen LogP contribution is 2.28. The van der Waals surface area contributed by atoms with Crippen LogP contribution >= 0.6 is 0 Å². The fourth-order valence-corrected chi connectivity index (χ4v) is 1.62. The molecule has 0 spiro atoms. The van der Waals surface area contributed by atoms with E-state index >= 15 is 0 Å². The van der Waals surface area contributed by atoms with Gasteiger partial charge in [0.05, 0.1) is 28.6 Å². The SMILES string of the molecule is CCOc1cc(N=Nc2ccc([N+](=O)[O-])cc2)ccc1N. The first-order valence-electron chi connectivity index (χ1n) is 6.28. The highest BCUT2D eigenvalue weighted by Gasteiger charge is 2.04. The predicted molar refractivity (Wildman–Crippen MR) is 79.3 cm³/mol. The van der Waals surface area contributed by atoms with Crippen molar-refractivity contribution in [2.75, 3.05) is 12.3 Å². The Morgan fingerprint density at radius 1 is 1.14 bits per heavy atom. The lowest BCUT2D eigenvalue weighted by molar-refractivity contribution is -0.384. The number of nitro groups is 1. The smallest absolute Gasteiger partial charge is 0.269 e. The van der Waals surface area contributed by atoms with E-state index in [2.05, 4.69) is 10.2 Å². The molecule has 21 heavy (non-hydrogen) atoms. The monoisotopic (exact) mass is 286 g/mol. The van der Waals surface area contributed by atoms with Crippen molar-refractivity contribution >= 4 is 22.7 Å². The van der Waals surface area contributed by atoms with Crippen LogP contribution in [0.25, 0.3) is 0 Å². The van der Waals surface area contributed by atoms with Gasteiger partial charge in [0, 0.05) is 18.2 Å². The molecule has 0 saturated heterocycles. The Labute approximate surface area is 121 Å². The summed E-state index contributed by atoms with van der Waals surface area (Å²) in [6.45, 7) is 2.37. The van der Waals surface area contributed by atoms with Crippen molar-refractivity contribution in [1.82, 2.24) is 0 Å². The third-order valence-corrected chi connectivity index (χ3v) is 2.64. The second kappa shape index (κ2) is 6.47. The predicted octanol–water partition coefficient (Wildman–Crippen LogP) is 3.99. The molecule has 2 rings (SSSR count). The minimum absolute atomic E-state index is 0.0140. The number of ether oxygens (including phenoxy) is 1. The highest BCUT2D eigenvalue weighted by atomic mass is 16.6. The van der Waals surface area contributed by atoms with Crippen LogP contribution in [0.1, 0.15) is 6.92 Å². The molecule has 0 saturated carbocycles. The van der Waals surface area contributed by atoms with Crippen LogP contribution in [0, 0.1) is 10.1 Å². The first-order valence-corrected chi connectivity index (χ1v) is 6.28. The fourth-order valence-electron chi connectivity index (χ4n) is 1.62. The van der Waals surface area contributed by atoms with Crippen LogP contribution in [-0.2, 0) is 0 Å². The van der Waals surface area contributed by atoms with Crippen LogP contribution in [-0.4, -0.2) is 11.5 Å². The minimum atomic E-state index is -0.463. The Morgan fingerprint density at radius 3 is 2.38 bits per heavy atom. The molecule has 0 aliphatic carbocycles. The number of nitrogen functional groups attached to an aromatic ring is 1. The summed E-state index contributed by atoms with van der Waals surface area (Å²) in [5.74, 6) is 0.553. The molecule has 108 valence electrons. The number of hydrogen-bond donors (Lipinski definition) is 1. The van der Waals surface area contributed by atoms with Gasteiger partial charge >= 0.3 is 0 Å². The van der Waals surface area contributed by atoms with Gasteiger partial charge in [0.2, 0.25) is 0 Å². The molecule has 0 atom stereocenters. The van der Waals surface area contributed by atoms with E-state index in [1.165, 1.54) is 24.3 Å². The second-order valence-electron chi connectivity index (χ2n) is 4.13. The van der Waals surface area contributed by atoms with Crippen molar-refractivity contribution in [3.05, 3.63) is 52.6 Å². The number of anilines is 1. The number of non-ortho nitro benzene ring substituents is 1. The van der Waals surface area contributed by atoms with E-state index in [1.54, 1.807) is 18.2 Å². The summed E-state index contributed by atoms with van der Waals surface area (Å²) < 4.78 is 5.37. The Hall–Kier alpha value is -2.96. The lowest BCUT2D eigenvalue weighted by Crippen LogP contribution is -1.95. The van der Waals surface area contributed by atoms with Gasteiger partial charge in [-0.3, -0.25) is 10.1 Å². The van der Waals surface area contributed by atoms with Crippen LogP contribution in [0.3, 0.4) is 0 Å². The number of azo groups is 1. The topological polar surface area (TPSA) is 103 Å². The number of benzene rings is 2. The average Bonchev–Trinajstić information content (AvgIpc) is 2.48. The number of rotatable bonds is 5. The van der Waals surface area contributed by atoms with Crippen LogP contribution in [0.5, 0.6) is 5.75 Å². The summed E-state index contributed by atoms with van der Waals surface area (Å²) in [5.41, 5.74) is 7.43. The number of nitrogens with zero attached hydrogens (tertiary/aromatic N) is 3. The minimum Gasteiger partial charge on any atom is -0.492 e. The molecule has 2 aromatic carbocycles. The molecular formula is C14H14N4O3. The molecular weight excluding hydrogens is 272 g/mol.